The van der Waals surface area contributed by atoms with Gasteiger partial charge in [0.1, 0.15) is 5.75 Å². The van der Waals surface area contributed by atoms with Crippen molar-refractivity contribution in [2.24, 2.45) is 0 Å². The summed E-state index contributed by atoms with van der Waals surface area (Å²) in [5, 5.41) is 7.19. The Balaban J connectivity index is 2.09. The van der Waals surface area contributed by atoms with Crippen LogP contribution in [0.3, 0.4) is 0 Å². The molecular weight excluding hydrogens is 266 g/mol. The Labute approximate surface area is 125 Å². The molecule has 0 amide bonds. The summed E-state index contributed by atoms with van der Waals surface area (Å²) in [4.78, 5) is 4.45. The fraction of sp³-hybridized carbons (Fsp3) is 0.500. The molecule has 0 saturated heterocycles. The van der Waals surface area contributed by atoms with Gasteiger partial charge >= 0.3 is 0 Å². The highest BCUT2D eigenvalue weighted by molar-refractivity contribution is 5.32. The van der Waals surface area contributed by atoms with Gasteiger partial charge < -0.3 is 14.6 Å². The number of aromatic nitrogens is 2. The molecule has 114 valence electrons. The fourth-order valence-corrected chi connectivity index (χ4v) is 2.01. The number of ether oxygens (including phenoxy) is 1. The van der Waals surface area contributed by atoms with E-state index in [4.69, 9.17) is 9.26 Å². The fourth-order valence-electron chi connectivity index (χ4n) is 2.01. The maximum atomic E-state index is 6.01. The summed E-state index contributed by atoms with van der Waals surface area (Å²) in [6, 6.07) is 8.25. The van der Waals surface area contributed by atoms with E-state index in [1.54, 1.807) is 0 Å². The zero-order valence-electron chi connectivity index (χ0n) is 13.1. The van der Waals surface area contributed by atoms with E-state index in [1.807, 2.05) is 45.2 Å². The predicted octanol–water partition coefficient (Wildman–Crippen LogP) is 3.06. The van der Waals surface area contributed by atoms with Gasteiger partial charge in [-0.1, -0.05) is 30.3 Å². The molecule has 0 radical (unpaired) electrons. The smallest absolute Gasteiger partial charge is 0.267 e. The third kappa shape index (κ3) is 4.04. The molecule has 0 bridgehead atoms. The van der Waals surface area contributed by atoms with Crippen molar-refractivity contribution >= 4 is 0 Å². The molecule has 0 aliphatic heterocycles. The number of nitrogens with one attached hydrogen (secondary N) is 1. The largest absolute Gasteiger partial charge is 0.480 e. The Morgan fingerprint density at radius 3 is 2.76 bits per heavy atom. The van der Waals surface area contributed by atoms with E-state index in [0.717, 1.165) is 24.2 Å². The maximum absolute atomic E-state index is 6.01. The Hall–Kier alpha value is -1.88. The van der Waals surface area contributed by atoms with Crippen LogP contribution in [0.4, 0.5) is 0 Å². The van der Waals surface area contributed by atoms with E-state index >= 15 is 0 Å². The molecule has 1 aromatic heterocycles. The number of hydrogen-bond donors (Lipinski definition) is 1. The van der Waals surface area contributed by atoms with Crippen molar-refractivity contribution in [2.75, 3.05) is 7.05 Å². The molecule has 21 heavy (non-hydrogen) atoms. The van der Waals surface area contributed by atoms with Crippen LogP contribution in [0, 0.1) is 6.92 Å². The first kappa shape index (κ1) is 15.5. The molecule has 2 rings (SSSR count). The number of benzene rings is 1. The molecule has 0 aliphatic carbocycles. The summed E-state index contributed by atoms with van der Waals surface area (Å²) >= 11 is 0. The highest BCUT2D eigenvalue weighted by Crippen LogP contribution is 2.26. The van der Waals surface area contributed by atoms with E-state index in [-0.39, 0.29) is 6.10 Å². The van der Waals surface area contributed by atoms with E-state index < -0.39 is 0 Å². The van der Waals surface area contributed by atoms with Gasteiger partial charge in [0.25, 0.3) is 5.89 Å². The number of rotatable bonds is 7. The van der Waals surface area contributed by atoms with Crippen molar-refractivity contribution in [2.45, 2.75) is 45.8 Å². The zero-order valence-corrected chi connectivity index (χ0v) is 13.1. The summed E-state index contributed by atoms with van der Waals surface area (Å²) in [5.74, 6) is 2.10. The first-order valence-corrected chi connectivity index (χ1v) is 7.36. The summed E-state index contributed by atoms with van der Waals surface area (Å²) < 4.78 is 11.4. The van der Waals surface area contributed by atoms with Crippen LogP contribution in [0.2, 0.25) is 0 Å². The van der Waals surface area contributed by atoms with E-state index in [0.29, 0.717) is 17.8 Å². The van der Waals surface area contributed by atoms with E-state index in [1.165, 1.54) is 0 Å². The lowest BCUT2D eigenvalue weighted by atomic mass is 10.2. The first-order chi connectivity index (χ1) is 10.1. The molecule has 2 aromatic rings. The number of likely N-dealkylation sites (N-methyl/N-ethyl adjacent to an activating group) is 1. The van der Waals surface area contributed by atoms with Gasteiger partial charge in [0.05, 0.1) is 0 Å². The molecule has 2 unspecified atom stereocenters. The van der Waals surface area contributed by atoms with Crippen molar-refractivity contribution in [3.63, 3.8) is 0 Å². The van der Waals surface area contributed by atoms with Crippen molar-refractivity contribution in [1.29, 1.82) is 0 Å². The highest BCUT2D eigenvalue weighted by Gasteiger charge is 2.20. The molecule has 1 aromatic carbocycles. The van der Waals surface area contributed by atoms with Crippen molar-refractivity contribution < 1.29 is 9.26 Å². The Kier molecular flexibility index (Phi) is 5.33. The molecule has 1 N–H and O–H groups in total. The summed E-state index contributed by atoms with van der Waals surface area (Å²) in [6.07, 6.45) is 1.30. The highest BCUT2D eigenvalue weighted by atomic mass is 16.5. The SMILES string of the molecule is CCC(Oc1ccccc1C)c1nc(CC(C)NC)no1. The Bertz CT molecular complexity index is 568. The topological polar surface area (TPSA) is 60.2 Å². The molecular formula is C16H23N3O2. The van der Waals surface area contributed by atoms with Crippen LogP contribution < -0.4 is 10.1 Å². The Morgan fingerprint density at radius 1 is 1.33 bits per heavy atom. The lowest BCUT2D eigenvalue weighted by Gasteiger charge is -2.15. The second kappa shape index (κ2) is 7.22. The average molecular weight is 289 g/mol. The quantitative estimate of drug-likeness (QED) is 0.849. The third-order valence-corrected chi connectivity index (χ3v) is 3.47. The standard InChI is InChI=1S/C16H23N3O2/c1-5-13(20-14-9-7-6-8-11(14)2)16-18-15(19-21-16)10-12(3)17-4/h6-9,12-13,17H,5,10H2,1-4H3. The van der Waals surface area contributed by atoms with Crippen LogP contribution >= 0.6 is 0 Å². The van der Waals surface area contributed by atoms with Gasteiger partial charge in [0, 0.05) is 12.5 Å². The second-order valence-corrected chi connectivity index (χ2v) is 5.22. The third-order valence-electron chi connectivity index (χ3n) is 3.47. The molecule has 1 heterocycles. The predicted molar refractivity (Wildman–Crippen MR) is 81.4 cm³/mol. The van der Waals surface area contributed by atoms with Crippen LogP contribution in [0.15, 0.2) is 28.8 Å². The molecule has 5 nitrogen and oxygen atoms in total. The van der Waals surface area contributed by atoms with Crippen LogP contribution in [0.1, 0.15) is 43.7 Å². The van der Waals surface area contributed by atoms with Gasteiger partial charge in [-0.25, -0.2) is 0 Å². The minimum absolute atomic E-state index is 0.211. The van der Waals surface area contributed by atoms with Crippen LogP contribution in [-0.2, 0) is 6.42 Å². The van der Waals surface area contributed by atoms with Crippen LogP contribution in [0.5, 0.6) is 5.75 Å². The van der Waals surface area contributed by atoms with Gasteiger partial charge in [0.15, 0.2) is 11.9 Å². The van der Waals surface area contributed by atoms with E-state index in [9.17, 15) is 0 Å². The molecule has 0 fully saturated rings. The minimum atomic E-state index is -0.211. The van der Waals surface area contributed by atoms with Crippen LogP contribution in [-0.4, -0.2) is 23.2 Å². The average Bonchev–Trinajstić information content (AvgIpc) is 2.94. The monoisotopic (exact) mass is 289 g/mol. The van der Waals surface area contributed by atoms with Crippen molar-refractivity contribution in [3.05, 3.63) is 41.5 Å². The normalized spacial score (nSPS) is 13.9. The summed E-state index contributed by atoms with van der Waals surface area (Å²) in [6.45, 7) is 6.15. The Morgan fingerprint density at radius 2 is 2.10 bits per heavy atom. The minimum Gasteiger partial charge on any atom is -0.480 e. The lowest BCUT2D eigenvalue weighted by Crippen LogP contribution is -2.24. The lowest BCUT2D eigenvalue weighted by molar-refractivity contribution is 0.153. The van der Waals surface area contributed by atoms with Crippen LogP contribution in [0.25, 0.3) is 0 Å². The molecule has 0 spiro atoms. The van der Waals surface area contributed by atoms with E-state index in [2.05, 4.69) is 22.4 Å². The number of hydrogen-bond acceptors (Lipinski definition) is 5. The van der Waals surface area contributed by atoms with Gasteiger partial charge in [-0.3, -0.25) is 0 Å². The maximum Gasteiger partial charge on any atom is 0.267 e. The number of nitrogens with zero attached hydrogens (tertiary/aromatic N) is 2. The first-order valence-electron chi connectivity index (χ1n) is 7.36. The van der Waals surface area contributed by atoms with Crippen molar-refractivity contribution in [3.8, 4) is 5.75 Å². The molecule has 0 aliphatic rings. The molecule has 2 atom stereocenters. The second-order valence-electron chi connectivity index (χ2n) is 5.22. The van der Waals surface area contributed by atoms with Gasteiger partial charge in [-0.05, 0) is 38.9 Å². The summed E-state index contributed by atoms with van der Waals surface area (Å²) in [7, 11) is 1.92. The van der Waals surface area contributed by atoms with Gasteiger partial charge in [-0.2, -0.15) is 4.98 Å². The zero-order chi connectivity index (χ0) is 15.2. The molecule has 5 heteroatoms. The summed E-state index contributed by atoms with van der Waals surface area (Å²) in [5.41, 5.74) is 1.10. The number of aryl methyl sites for hydroxylation is 1. The van der Waals surface area contributed by atoms with Gasteiger partial charge in [-0.15, -0.1) is 0 Å². The van der Waals surface area contributed by atoms with Crippen molar-refractivity contribution in [1.82, 2.24) is 15.5 Å². The molecule has 0 saturated carbocycles. The number of para-hydroxylation sites is 1. The van der Waals surface area contributed by atoms with Gasteiger partial charge in [0.2, 0.25) is 0 Å².